The van der Waals surface area contributed by atoms with Gasteiger partial charge in [-0.2, -0.15) is 0 Å². The van der Waals surface area contributed by atoms with Crippen molar-refractivity contribution in [2.24, 2.45) is 0 Å². The molecule has 19 heavy (non-hydrogen) atoms. The van der Waals surface area contributed by atoms with Crippen LogP contribution in [0.4, 0.5) is 5.95 Å². The molecule has 0 radical (unpaired) electrons. The molecule has 0 aliphatic carbocycles. The highest BCUT2D eigenvalue weighted by Crippen LogP contribution is 2.22. The molecule has 0 unspecified atom stereocenters. The Morgan fingerprint density at radius 3 is 2.53 bits per heavy atom. The second kappa shape index (κ2) is 5.93. The highest BCUT2D eigenvalue weighted by molar-refractivity contribution is 7.98. The lowest BCUT2D eigenvalue weighted by molar-refractivity contribution is 0.918. The average Bonchev–Trinajstić information content (AvgIpc) is 2.38. The molecule has 1 N–H and O–H groups in total. The van der Waals surface area contributed by atoms with E-state index in [1.54, 1.807) is 4.90 Å². The van der Waals surface area contributed by atoms with Crippen LogP contribution in [0.2, 0.25) is 0 Å². The van der Waals surface area contributed by atoms with Gasteiger partial charge in [0, 0.05) is 19.8 Å². The Bertz CT molecular complexity index is 608. The molecule has 0 saturated heterocycles. The molecule has 1 heterocycles. The standard InChI is InChI=1S/C14H17N3OS/c1-10-12(13(18)16-14(15-10)17(2)3)19-9-11-7-5-4-6-8-11/h4-8H,9H2,1-3H3,(H,15,16,18). The van der Waals surface area contributed by atoms with Gasteiger partial charge in [-0.25, -0.2) is 4.98 Å². The Labute approximate surface area is 116 Å². The van der Waals surface area contributed by atoms with Gasteiger partial charge >= 0.3 is 0 Å². The molecule has 5 heteroatoms. The summed E-state index contributed by atoms with van der Waals surface area (Å²) in [5, 5.41) is 0. The van der Waals surface area contributed by atoms with Crippen molar-refractivity contribution in [3.63, 3.8) is 0 Å². The first-order valence-corrected chi connectivity index (χ1v) is 7.01. The quantitative estimate of drug-likeness (QED) is 0.871. The summed E-state index contributed by atoms with van der Waals surface area (Å²) in [6, 6.07) is 10.1. The van der Waals surface area contributed by atoms with Crippen molar-refractivity contribution < 1.29 is 0 Å². The lowest BCUT2D eigenvalue weighted by Gasteiger charge is -2.12. The first kappa shape index (κ1) is 13.7. The number of aryl methyl sites for hydroxylation is 1. The number of hydrogen-bond donors (Lipinski definition) is 1. The van der Waals surface area contributed by atoms with Gasteiger partial charge in [0.1, 0.15) is 0 Å². The summed E-state index contributed by atoms with van der Waals surface area (Å²) in [6.45, 7) is 1.87. The molecule has 100 valence electrons. The topological polar surface area (TPSA) is 49.0 Å². The Kier molecular flexibility index (Phi) is 4.27. The third kappa shape index (κ3) is 3.38. The van der Waals surface area contributed by atoms with E-state index in [1.807, 2.05) is 39.2 Å². The van der Waals surface area contributed by atoms with Gasteiger partial charge in [-0.15, -0.1) is 11.8 Å². The van der Waals surface area contributed by atoms with Crippen LogP contribution in [0.25, 0.3) is 0 Å². The van der Waals surface area contributed by atoms with E-state index in [2.05, 4.69) is 22.1 Å². The largest absolute Gasteiger partial charge is 0.348 e. The second-order valence-corrected chi connectivity index (χ2v) is 5.46. The molecule has 4 nitrogen and oxygen atoms in total. The van der Waals surface area contributed by atoms with Crippen LogP contribution in [-0.4, -0.2) is 24.1 Å². The summed E-state index contributed by atoms with van der Waals surface area (Å²) < 4.78 is 0. The zero-order chi connectivity index (χ0) is 13.8. The molecule has 0 aliphatic heterocycles. The third-order valence-corrected chi connectivity index (χ3v) is 3.93. The fourth-order valence-corrected chi connectivity index (χ4v) is 2.61. The maximum atomic E-state index is 12.0. The maximum absolute atomic E-state index is 12.0. The Balaban J connectivity index is 2.20. The van der Waals surface area contributed by atoms with Crippen LogP contribution in [0.5, 0.6) is 0 Å². The summed E-state index contributed by atoms with van der Waals surface area (Å²) in [7, 11) is 3.71. The number of rotatable bonds is 4. The van der Waals surface area contributed by atoms with Crippen molar-refractivity contribution >= 4 is 17.7 Å². The van der Waals surface area contributed by atoms with Crippen molar-refractivity contribution in [1.29, 1.82) is 0 Å². The van der Waals surface area contributed by atoms with E-state index in [-0.39, 0.29) is 5.56 Å². The molecule has 2 aromatic rings. The lowest BCUT2D eigenvalue weighted by Crippen LogP contribution is -2.20. The van der Waals surface area contributed by atoms with Gasteiger partial charge in [0.2, 0.25) is 5.95 Å². The molecule has 0 aliphatic rings. The number of nitrogens with zero attached hydrogens (tertiary/aromatic N) is 2. The molecule has 1 aromatic heterocycles. The van der Waals surface area contributed by atoms with Crippen LogP contribution >= 0.6 is 11.8 Å². The number of hydrogen-bond acceptors (Lipinski definition) is 4. The SMILES string of the molecule is Cc1nc(N(C)C)[nH]c(=O)c1SCc1ccccc1. The van der Waals surface area contributed by atoms with Crippen LogP contribution in [0, 0.1) is 6.92 Å². The zero-order valence-corrected chi connectivity index (χ0v) is 12.1. The monoisotopic (exact) mass is 275 g/mol. The van der Waals surface area contributed by atoms with Gasteiger partial charge in [0.25, 0.3) is 5.56 Å². The van der Waals surface area contributed by atoms with Gasteiger partial charge in [0.05, 0.1) is 10.6 Å². The highest BCUT2D eigenvalue weighted by atomic mass is 32.2. The van der Waals surface area contributed by atoms with Crippen LogP contribution in [-0.2, 0) is 5.75 Å². The Hall–Kier alpha value is -1.75. The number of aromatic nitrogens is 2. The van der Waals surface area contributed by atoms with Crippen molar-refractivity contribution in [1.82, 2.24) is 9.97 Å². The van der Waals surface area contributed by atoms with E-state index in [0.717, 1.165) is 11.4 Å². The van der Waals surface area contributed by atoms with Crippen molar-refractivity contribution in [2.45, 2.75) is 17.6 Å². The molecular formula is C14H17N3OS. The minimum absolute atomic E-state index is 0.0721. The number of thioether (sulfide) groups is 1. The molecule has 0 bridgehead atoms. The lowest BCUT2D eigenvalue weighted by atomic mass is 10.2. The summed E-state index contributed by atoms with van der Waals surface area (Å²) >= 11 is 1.52. The normalized spacial score (nSPS) is 10.5. The van der Waals surface area contributed by atoms with E-state index in [4.69, 9.17) is 0 Å². The van der Waals surface area contributed by atoms with Crippen molar-refractivity contribution in [2.75, 3.05) is 19.0 Å². The molecular weight excluding hydrogens is 258 g/mol. The van der Waals surface area contributed by atoms with Crippen LogP contribution in [0.1, 0.15) is 11.3 Å². The number of nitrogens with one attached hydrogen (secondary N) is 1. The summed E-state index contributed by atoms with van der Waals surface area (Å²) in [6.07, 6.45) is 0. The third-order valence-electron chi connectivity index (χ3n) is 2.68. The summed E-state index contributed by atoms with van der Waals surface area (Å²) in [5.74, 6) is 1.36. The van der Waals surface area contributed by atoms with E-state index in [0.29, 0.717) is 10.8 Å². The van der Waals surface area contributed by atoms with Gasteiger partial charge in [-0.3, -0.25) is 9.78 Å². The zero-order valence-electron chi connectivity index (χ0n) is 11.3. The van der Waals surface area contributed by atoms with E-state index >= 15 is 0 Å². The first-order valence-electron chi connectivity index (χ1n) is 6.03. The predicted octanol–water partition coefficient (Wildman–Crippen LogP) is 2.44. The highest BCUT2D eigenvalue weighted by Gasteiger charge is 2.09. The van der Waals surface area contributed by atoms with Crippen LogP contribution in [0.3, 0.4) is 0 Å². The number of H-pyrrole nitrogens is 1. The van der Waals surface area contributed by atoms with Crippen LogP contribution in [0.15, 0.2) is 40.0 Å². The van der Waals surface area contributed by atoms with Gasteiger partial charge in [-0.05, 0) is 12.5 Å². The Morgan fingerprint density at radius 2 is 1.95 bits per heavy atom. The van der Waals surface area contributed by atoms with E-state index in [9.17, 15) is 4.79 Å². The molecule has 0 fully saturated rings. The van der Waals surface area contributed by atoms with Gasteiger partial charge in [-0.1, -0.05) is 30.3 Å². The van der Waals surface area contributed by atoms with E-state index in [1.165, 1.54) is 17.3 Å². The fourth-order valence-electron chi connectivity index (χ4n) is 1.67. The smallest absolute Gasteiger partial charge is 0.266 e. The second-order valence-electron chi connectivity index (χ2n) is 4.47. The minimum atomic E-state index is -0.0721. The van der Waals surface area contributed by atoms with Crippen molar-refractivity contribution in [3.05, 3.63) is 51.9 Å². The fraction of sp³-hybridized carbons (Fsp3) is 0.286. The van der Waals surface area contributed by atoms with Gasteiger partial charge < -0.3 is 4.90 Å². The predicted molar refractivity (Wildman–Crippen MR) is 79.9 cm³/mol. The van der Waals surface area contributed by atoms with Crippen molar-refractivity contribution in [3.8, 4) is 0 Å². The molecule has 0 atom stereocenters. The van der Waals surface area contributed by atoms with Crippen LogP contribution < -0.4 is 10.5 Å². The van der Waals surface area contributed by atoms with Gasteiger partial charge in [0.15, 0.2) is 0 Å². The summed E-state index contributed by atoms with van der Waals surface area (Å²) in [4.78, 5) is 21.7. The minimum Gasteiger partial charge on any atom is -0.348 e. The number of benzene rings is 1. The van der Waals surface area contributed by atoms with E-state index < -0.39 is 0 Å². The molecule has 2 rings (SSSR count). The molecule has 0 saturated carbocycles. The number of anilines is 1. The molecule has 0 amide bonds. The maximum Gasteiger partial charge on any atom is 0.266 e. The summed E-state index contributed by atoms with van der Waals surface area (Å²) in [5.41, 5.74) is 1.90. The average molecular weight is 275 g/mol. The molecule has 0 spiro atoms. The Morgan fingerprint density at radius 1 is 1.26 bits per heavy atom. The first-order chi connectivity index (χ1) is 9.08. The number of aromatic amines is 1. The molecule has 1 aromatic carbocycles.